The van der Waals surface area contributed by atoms with E-state index < -0.39 is 0 Å². The Bertz CT molecular complexity index is 1280. The highest BCUT2D eigenvalue weighted by molar-refractivity contribution is 7.19. The Morgan fingerprint density at radius 2 is 2.20 bits per heavy atom. The van der Waals surface area contributed by atoms with Crippen LogP contribution in [0.25, 0.3) is 27.1 Å². The third kappa shape index (κ3) is 2.87. The number of ether oxygens (including phenoxy) is 1. The summed E-state index contributed by atoms with van der Waals surface area (Å²) >= 11 is 1.79. The molecule has 4 aromatic heterocycles. The van der Waals surface area contributed by atoms with Crippen molar-refractivity contribution in [1.82, 2.24) is 19.6 Å². The van der Waals surface area contributed by atoms with Gasteiger partial charge in [0.2, 0.25) is 0 Å². The van der Waals surface area contributed by atoms with Crippen LogP contribution in [-0.4, -0.2) is 32.2 Å². The first-order valence-electron chi connectivity index (χ1n) is 10.5. The van der Waals surface area contributed by atoms with Crippen LogP contribution in [0.2, 0.25) is 0 Å². The molecule has 0 bridgehead atoms. The van der Waals surface area contributed by atoms with E-state index in [1.807, 2.05) is 17.6 Å². The predicted molar refractivity (Wildman–Crippen MR) is 119 cm³/mol. The van der Waals surface area contributed by atoms with Gasteiger partial charge in [-0.1, -0.05) is 13.8 Å². The van der Waals surface area contributed by atoms with Gasteiger partial charge in [0.15, 0.2) is 5.65 Å². The standard InChI is InChI=1S/C23H26N4O2S/c1-6-29-23(28)16-8-15(16)20-13(5)18-17(11(2)3)19(26-22(18)30-20)14-7-12(4)21-24-10-25-27(21)9-14/h7,9-11,15-16,26H,6,8H2,1-5H3. The van der Waals surface area contributed by atoms with Crippen molar-refractivity contribution in [2.75, 3.05) is 6.61 Å². The third-order valence-electron chi connectivity index (χ3n) is 6.10. The molecule has 2 atom stereocenters. The fourth-order valence-electron chi connectivity index (χ4n) is 4.63. The number of rotatable bonds is 5. The summed E-state index contributed by atoms with van der Waals surface area (Å²) in [5.74, 6) is 0.625. The molecule has 0 spiro atoms. The highest BCUT2D eigenvalue weighted by atomic mass is 32.1. The number of H-pyrrole nitrogens is 1. The Morgan fingerprint density at radius 3 is 2.93 bits per heavy atom. The van der Waals surface area contributed by atoms with E-state index in [4.69, 9.17) is 4.74 Å². The third-order valence-corrected chi connectivity index (χ3v) is 7.44. The molecule has 1 fully saturated rings. The molecule has 4 aromatic rings. The van der Waals surface area contributed by atoms with Gasteiger partial charge in [0.25, 0.3) is 0 Å². The minimum atomic E-state index is -0.0552. The second-order valence-electron chi connectivity index (χ2n) is 8.50. The normalized spacial score (nSPS) is 18.6. The van der Waals surface area contributed by atoms with Crippen molar-refractivity contribution in [1.29, 1.82) is 0 Å². The lowest BCUT2D eigenvalue weighted by Gasteiger charge is -2.11. The number of carbonyl (C=O) groups is 1. The van der Waals surface area contributed by atoms with E-state index in [-0.39, 0.29) is 11.9 Å². The molecule has 7 heteroatoms. The first kappa shape index (κ1) is 19.3. The largest absolute Gasteiger partial charge is 0.466 e. The van der Waals surface area contributed by atoms with E-state index in [0.29, 0.717) is 18.4 Å². The summed E-state index contributed by atoms with van der Waals surface area (Å²) in [4.78, 5) is 22.7. The molecule has 1 N–H and O–H groups in total. The predicted octanol–water partition coefficient (Wildman–Crippen LogP) is 5.35. The molecule has 1 aliphatic rings. The highest BCUT2D eigenvalue weighted by Crippen LogP contribution is 2.54. The molecule has 0 radical (unpaired) electrons. The van der Waals surface area contributed by atoms with E-state index >= 15 is 0 Å². The number of aromatic amines is 1. The molecule has 0 aliphatic heterocycles. The van der Waals surface area contributed by atoms with E-state index in [9.17, 15) is 4.79 Å². The van der Waals surface area contributed by atoms with E-state index in [1.54, 1.807) is 17.7 Å². The maximum absolute atomic E-state index is 12.1. The number of aryl methyl sites for hydroxylation is 2. The number of pyridine rings is 1. The summed E-state index contributed by atoms with van der Waals surface area (Å²) in [6, 6.07) is 2.18. The van der Waals surface area contributed by atoms with E-state index in [1.165, 1.54) is 26.2 Å². The van der Waals surface area contributed by atoms with Crippen molar-refractivity contribution < 1.29 is 9.53 Å². The molecule has 4 heterocycles. The fourth-order valence-corrected chi connectivity index (χ4v) is 6.04. The van der Waals surface area contributed by atoms with Crippen LogP contribution < -0.4 is 0 Å². The van der Waals surface area contributed by atoms with Gasteiger partial charge in [0, 0.05) is 27.9 Å². The van der Waals surface area contributed by atoms with E-state index in [0.717, 1.165) is 28.9 Å². The van der Waals surface area contributed by atoms with Crippen LogP contribution in [0.5, 0.6) is 0 Å². The zero-order valence-electron chi connectivity index (χ0n) is 17.9. The number of thiophene rings is 1. The average molecular weight is 423 g/mol. The number of carbonyl (C=O) groups excluding carboxylic acids is 1. The zero-order chi connectivity index (χ0) is 21.2. The summed E-state index contributed by atoms with van der Waals surface area (Å²) in [6.45, 7) is 11.1. The minimum absolute atomic E-state index is 0.0192. The summed E-state index contributed by atoms with van der Waals surface area (Å²) in [5, 5.41) is 5.65. The zero-order valence-corrected chi connectivity index (χ0v) is 18.8. The molecule has 6 nitrogen and oxygen atoms in total. The van der Waals surface area contributed by atoms with Crippen molar-refractivity contribution in [3.63, 3.8) is 0 Å². The van der Waals surface area contributed by atoms with Gasteiger partial charge < -0.3 is 9.72 Å². The van der Waals surface area contributed by atoms with Crippen molar-refractivity contribution >= 4 is 33.2 Å². The van der Waals surface area contributed by atoms with Crippen LogP contribution in [0.3, 0.4) is 0 Å². The molecule has 5 rings (SSSR count). The van der Waals surface area contributed by atoms with Crippen LogP contribution in [0.15, 0.2) is 18.6 Å². The second kappa shape index (κ2) is 6.94. The topological polar surface area (TPSA) is 72.3 Å². The molecular formula is C23H26N4O2S. The summed E-state index contributed by atoms with van der Waals surface area (Å²) < 4.78 is 7.08. The van der Waals surface area contributed by atoms with Gasteiger partial charge in [-0.25, -0.2) is 9.50 Å². The summed E-state index contributed by atoms with van der Waals surface area (Å²) in [7, 11) is 0. The number of aromatic nitrogens is 4. The maximum Gasteiger partial charge on any atom is 0.309 e. The quantitative estimate of drug-likeness (QED) is 0.440. The average Bonchev–Trinajstić information content (AvgIpc) is 3.04. The molecule has 156 valence electrons. The molecule has 2 unspecified atom stereocenters. The lowest BCUT2D eigenvalue weighted by atomic mass is 9.95. The number of esters is 1. The van der Waals surface area contributed by atoms with Crippen molar-refractivity contribution in [3.8, 4) is 11.3 Å². The van der Waals surface area contributed by atoms with Gasteiger partial charge in [0.05, 0.1) is 18.2 Å². The monoisotopic (exact) mass is 422 g/mol. The first-order chi connectivity index (χ1) is 14.4. The van der Waals surface area contributed by atoms with Gasteiger partial charge >= 0.3 is 5.97 Å². The molecule has 0 aromatic carbocycles. The Morgan fingerprint density at radius 1 is 1.40 bits per heavy atom. The molecule has 0 saturated heterocycles. The van der Waals surface area contributed by atoms with Crippen LogP contribution in [0.4, 0.5) is 0 Å². The molecular weight excluding hydrogens is 396 g/mol. The smallest absolute Gasteiger partial charge is 0.309 e. The van der Waals surface area contributed by atoms with Crippen molar-refractivity contribution in [2.24, 2.45) is 5.92 Å². The van der Waals surface area contributed by atoms with Crippen LogP contribution >= 0.6 is 11.3 Å². The Labute approximate surface area is 179 Å². The molecule has 30 heavy (non-hydrogen) atoms. The SMILES string of the molecule is CCOC(=O)C1CC1c1sc2[nH]c(-c3cc(C)c4ncnn4c3)c(C(C)C)c2c1C. The molecule has 0 amide bonds. The Kier molecular flexibility index (Phi) is 4.47. The van der Waals surface area contributed by atoms with Crippen molar-refractivity contribution in [2.45, 2.75) is 52.9 Å². The lowest BCUT2D eigenvalue weighted by molar-refractivity contribution is -0.144. The van der Waals surface area contributed by atoms with Gasteiger partial charge in [-0.3, -0.25) is 4.79 Å². The Hall–Kier alpha value is -2.67. The number of nitrogens with zero attached hydrogens (tertiary/aromatic N) is 3. The minimum Gasteiger partial charge on any atom is -0.466 e. The van der Waals surface area contributed by atoms with Gasteiger partial charge in [-0.15, -0.1) is 11.3 Å². The van der Waals surface area contributed by atoms with Gasteiger partial charge in [0.1, 0.15) is 11.2 Å². The van der Waals surface area contributed by atoms with Crippen molar-refractivity contribution in [3.05, 3.63) is 40.2 Å². The number of hydrogen-bond donors (Lipinski definition) is 1. The van der Waals surface area contributed by atoms with Crippen LogP contribution in [0.1, 0.15) is 60.6 Å². The van der Waals surface area contributed by atoms with Gasteiger partial charge in [-0.2, -0.15) is 5.10 Å². The van der Waals surface area contributed by atoms with Crippen LogP contribution in [-0.2, 0) is 9.53 Å². The number of nitrogens with one attached hydrogen (secondary N) is 1. The first-order valence-corrected chi connectivity index (χ1v) is 11.3. The van der Waals surface area contributed by atoms with E-state index in [2.05, 4.69) is 48.8 Å². The molecule has 1 saturated carbocycles. The summed E-state index contributed by atoms with van der Waals surface area (Å²) in [6.07, 6.45) is 4.54. The lowest BCUT2D eigenvalue weighted by Crippen LogP contribution is -2.07. The highest BCUT2D eigenvalue weighted by Gasteiger charge is 2.47. The molecule has 1 aliphatic carbocycles. The maximum atomic E-state index is 12.1. The van der Waals surface area contributed by atoms with Crippen LogP contribution in [0, 0.1) is 19.8 Å². The summed E-state index contributed by atoms with van der Waals surface area (Å²) in [5.41, 5.74) is 6.89. The van der Waals surface area contributed by atoms with Gasteiger partial charge in [-0.05, 0) is 55.9 Å². The number of hydrogen-bond acceptors (Lipinski definition) is 5. The second-order valence-corrected chi connectivity index (χ2v) is 9.56. The Balaban J connectivity index is 1.61. The fraction of sp³-hybridized carbons (Fsp3) is 0.435. The number of fused-ring (bicyclic) bond motifs is 2.